The lowest BCUT2D eigenvalue weighted by atomic mass is 9.71. The highest BCUT2D eigenvalue weighted by atomic mass is 19.1. The molecular formula is C22H23FN3O3. The van der Waals surface area contributed by atoms with Gasteiger partial charge in [-0.3, -0.25) is 9.59 Å². The Balaban J connectivity index is 1.73. The second-order valence-corrected chi connectivity index (χ2v) is 7.80. The predicted octanol–water partition coefficient (Wildman–Crippen LogP) is 2.42. The van der Waals surface area contributed by atoms with Crippen molar-refractivity contribution in [2.24, 2.45) is 5.73 Å². The molecule has 1 amide bonds. The van der Waals surface area contributed by atoms with E-state index in [2.05, 4.69) is 10.2 Å². The first-order chi connectivity index (χ1) is 13.9. The van der Waals surface area contributed by atoms with E-state index < -0.39 is 11.3 Å². The van der Waals surface area contributed by atoms with E-state index in [0.29, 0.717) is 49.5 Å². The van der Waals surface area contributed by atoms with Crippen LogP contribution in [0.4, 0.5) is 15.8 Å². The van der Waals surface area contributed by atoms with E-state index in [1.165, 1.54) is 12.1 Å². The summed E-state index contributed by atoms with van der Waals surface area (Å²) in [5.74, 6) is -0.818. The van der Waals surface area contributed by atoms with Crippen molar-refractivity contribution in [3.8, 4) is 0 Å². The summed E-state index contributed by atoms with van der Waals surface area (Å²) in [6, 6.07) is 9.67. The molecule has 6 nitrogen and oxygen atoms in total. The highest BCUT2D eigenvalue weighted by molar-refractivity contribution is 5.90. The molecule has 1 saturated heterocycles. The highest BCUT2D eigenvalue weighted by Crippen LogP contribution is 2.45. The topological polar surface area (TPSA) is 84.7 Å². The third-order valence-electron chi connectivity index (χ3n) is 5.90. The maximum Gasteiger partial charge on any atom is 0.233 e. The number of carbonyl (C=O) groups excluding carboxylic acids is 2. The highest BCUT2D eigenvalue weighted by Gasteiger charge is 2.42. The average Bonchev–Trinajstić information content (AvgIpc) is 2.73. The van der Waals surface area contributed by atoms with Crippen molar-refractivity contribution in [2.75, 3.05) is 36.5 Å². The van der Waals surface area contributed by atoms with Gasteiger partial charge in [0.15, 0.2) is 0 Å². The molecule has 0 bridgehead atoms. The van der Waals surface area contributed by atoms with Crippen LogP contribution >= 0.6 is 0 Å². The van der Waals surface area contributed by atoms with Crippen LogP contribution in [0.2, 0.25) is 0 Å². The molecule has 2 heterocycles. The molecule has 0 saturated carbocycles. The van der Waals surface area contributed by atoms with Crippen LogP contribution in [0.3, 0.4) is 0 Å². The van der Waals surface area contributed by atoms with Crippen molar-refractivity contribution in [3.63, 3.8) is 0 Å². The Morgan fingerprint density at radius 1 is 1.28 bits per heavy atom. The second kappa shape index (κ2) is 7.48. The largest absolute Gasteiger partial charge is 0.378 e. The molecule has 2 atom stereocenters. The predicted molar refractivity (Wildman–Crippen MR) is 108 cm³/mol. The maximum absolute atomic E-state index is 14.5. The van der Waals surface area contributed by atoms with Gasteiger partial charge in [0, 0.05) is 30.0 Å². The number of nitrogens with zero attached hydrogens (tertiary/aromatic N) is 1. The van der Waals surface area contributed by atoms with Gasteiger partial charge >= 0.3 is 0 Å². The second-order valence-electron chi connectivity index (χ2n) is 7.80. The molecule has 1 radical (unpaired) electrons. The summed E-state index contributed by atoms with van der Waals surface area (Å²) >= 11 is 0. The summed E-state index contributed by atoms with van der Waals surface area (Å²) in [5.41, 5.74) is 8.03. The third-order valence-corrected chi connectivity index (χ3v) is 5.90. The molecule has 2 aromatic rings. The van der Waals surface area contributed by atoms with Gasteiger partial charge in [-0.05, 0) is 60.9 Å². The normalized spacial score (nSPS) is 23.8. The van der Waals surface area contributed by atoms with Gasteiger partial charge in [-0.15, -0.1) is 0 Å². The number of benzene rings is 2. The number of nitrogens with one attached hydrogen (secondary N) is 1. The van der Waals surface area contributed by atoms with E-state index in [4.69, 9.17) is 10.5 Å². The smallest absolute Gasteiger partial charge is 0.233 e. The number of halogens is 1. The average molecular weight is 396 g/mol. The van der Waals surface area contributed by atoms with Crippen molar-refractivity contribution in [1.82, 2.24) is 0 Å². The molecule has 7 heteroatoms. The molecule has 2 aliphatic rings. The molecule has 2 aromatic carbocycles. The van der Waals surface area contributed by atoms with Gasteiger partial charge in [0.25, 0.3) is 0 Å². The van der Waals surface area contributed by atoms with Crippen LogP contribution in [0.1, 0.15) is 36.1 Å². The number of anilines is 2. The van der Waals surface area contributed by atoms with Crippen molar-refractivity contribution in [2.45, 2.75) is 24.8 Å². The zero-order valence-electron chi connectivity index (χ0n) is 16.2. The summed E-state index contributed by atoms with van der Waals surface area (Å²) in [7, 11) is 0. The zero-order chi connectivity index (χ0) is 20.6. The van der Waals surface area contributed by atoms with Crippen LogP contribution in [-0.4, -0.2) is 38.5 Å². The first-order valence-electron chi connectivity index (χ1n) is 9.63. The number of amides is 1. The number of rotatable bonds is 4. The molecular weight excluding hydrogens is 373 g/mol. The van der Waals surface area contributed by atoms with E-state index in [1.807, 2.05) is 12.4 Å². The number of nitrogens with two attached hydrogens (primary N) is 1. The zero-order valence-corrected chi connectivity index (χ0v) is 16.2. The van der Waals surface area contributed by atoms with E-state index in [9.17, 15) is 14.0 Å². The van der Waals surface area contributed by atoms with Crippen molar-refractivity contribution in [3.05, 3.63) is 58.9 Å². The first kappa shape index (κ1) is 19.4. The van der Waals surface area contributed by atoms with Crippen LogP contribution in [-0.2, 0) is 19.7 Å². The van der Waals surface area contributed by atoms with Crippen LogP contribution in [0.15, 0.2) is 36.4 Å². The fourth-order valence-corrected chi connectivity index (χ4v) is 4.18. The van der Waals surface area contributed by atoms with Crippen LogP contribution in [0.5, 0.6) is 0 Å². The minimum absolute atomic E-state index is 0.304. The summed E-state index contributed by atoms with van der Waals surface area (Å²) in [6.07, 6.45) is 2.20. The first-order valence-corrected chi connectivity index (χ1v) is 9.63. The number of morpholine rings is 1. The molecule has 0 spiro atoms. The molecule has 2 unspecified atom stereocenters. The number of carbonyl (C=O) groups is 1. The fraction of sp³-hybridized carbons (Fsp3) is 0.364. The van der Waals surface area contributed by atoms with E-state index in [1.54, 1.807) is 25.1 Å². The lowest BCUT2D eigenvalue weighted by molar-refractivity contribution is -0.123. The Labute approximate surface area is 168 Å². The third kappa shape index (κ3) is 3.58. The Morgan fingerprint density at radius 2 is 2.03 bits per heavy atom. The van der Waals surface area contributed by atoms with E-state index >= 15 is 0 Å². The Hall–Kier alpha value is -2.93. The molecule has 3 N–H and O–H groups in total. The molecule has 151 valence electrons. The lowest BCUT2D eigenvalue weighted by Crippen LogP contribution is -2.44. The SMILES string of the molecule is CC1(C(N)=O)CC(c2cc(F)cc(N3CCOCC3)c2)Nc2ccc([C]=O)cc21. The molecule has 29 heavy (non-hydrogen) atoms. The summed E-state index contributed by atoms with van der Waals surface area (Å²) in [4.78, 5) is 25.6. The Kier molecular flexibility index (Phi) is 5.00. The minimum atomic E-state index is -0.996. The van der Waals surface area contributed by atoms with Gasteiger partial charge in [0.2, 0.25) is 12.2 Å². The minimum Gasteiger partial charge on any atom is -0.378 e. The van der Waals surface area contributed by atoms with Gasteiger partial charge in [-0.2, -0.15) is 0 Å². The molecule has 0 aliphatic carbocycles. The van der Waals surface area contributed by atoms with Crippen LogP contribution in [0, 0.1) is 5.82 Å². The number of ether oxygens (including phenoxy) is 1. The molecule has 2 aliphatic heterocycles. The summed E-state index contributed by atoms with van der Waals surface area (Å²) < 4.78 is 19.8. The van der Waals surface area contributed by atoms with Gasteiger partial charge < -0.3 is 20.7 Å². The lowest BCUT2D eigenvalue weighted by Gasteiger charge is -2.39. The van der Waals surface area contributed by atoms with Gasteiger partial charge in [0.05, 0.1) is 24.7 Å². The van der Waals surface area contributed by atoms with E-state index in [0.717, 1.165) is 11.3 Å². The molecule has 1 fully saturated rings. The Morgan fingerprint density at radius 3 is 2.72 bits per heavy atom. The van der Waals surface area contributed by atoms with Crippen molar-refractivity contribution in [1.29, 1.82) is 0 Å². The van der Waals surface area contributed by atoms with Crippen molar-refractivity contribution < 1.29 is 18.7 Å². The molecule has 0 aromatic heterocycles. The quantitative estimate of drug-likeness (QED) is 0.829. The monoisotopic (exact) mass is 396 g/mol. The number of fused-ring (bicyclic) bond motifs is 1. The maximum atomic E-state index is 14.5. The van der Waals surface area contributed by atoms with Crippen LogP contribution in [0.25, 0.3) is 0 Å². The number of hydrogen-bond acceptors (Lipinski definition) is 5. The number of hydrogen-bond donors (Lipinski definition) is 2. The molecule has 4 rings (SSSR count). The van der Waals surface area contributed by atoms with Gasteiger partial charge in [-0.25, -0.2) is 4.39 Å². The van der Waals surface area contributed by atoms with Crippen molar-refractivity contribution >= 4 is 23.6 Å². The summed E-state index contributed by atoms with van der Waals surface area (Å²) in [6.45, 7) is 4.38. The van der Waals surface area contributed by atoms with Crippen LogP contribution < -0.4 is 16.0 Å². The Bertz CT molecular complexity index is 958. The van der Waals surface area contributed by atoms with Gasteiger partial charge in [0.1, 0.15) is 5.82 Å². The standard InChI is InChI=1S/C22H23FN3O3/c1-22(21(24)28)12-20(25-19-3-2-14(13-27)8-18(19)22)15-9-16(23)11-17(10-15)26-4-6-29-7-5-26/h2-3,8-11,20,25H,4-7,12H2,1H3,(H2,24,28). The number of primary amides is 1. The summed E-state index contributed by atoms with van der Waals surface area (Å²) in [5, 5.41) is 3.38. The van der Waals surface area contributed by atoms with Gasteiger partial charge in [-0.1, -0.05) is 0 Å². The van der Waals surface area contributed by atoms with E-state index in [-0.39, 0.29) is 11.9 Å². The fourth-order valence-electron chi connectivity index (χ4n) is 4.18.